The summed E-state index contributed by atoms with van der Waals surface area (Å²) in [5.41, 5.74) is 0.596. The predicted octanol–water partition coefficient (Wildman–Crippen LogP) is 2.49. The van der Waals surface area contributed by atoms with Crippen molar-refractivity contribution in [1.29, 1.82) is 0 Å². The molecule has 1 amide bonds. The molecular weight excluding hydrogens is 394 g/mol. The highest BCUT2D eigenvalue weighted by Crippen LogP contribution is 2.33. The maximum Gasteiger partial charge on any atom is 0.270 e. The van der Waals surface area contributed by atoms with Crippen LogP contribution in [0.3, 0.4) is 0 Å². The van der Waals surface area contributed by atoms with Gasteiger partial charge in [0.25, 0.3) is 16.0 Å². The zero-order valence-corrected chi connectivity index (χ0v) is 16.2. The van der Waals surface area contributed by atoms with Gasteiger partial charge in [-0.05, 0) is 48.5 Å². The van der Waals surface area contributed by atoms with Crippen LogP contribution in [0.2, 0.25) is 5.02 Å². The Kier molecular flexibility index (Phi) is 5.59. The summed E-state index contributed by atoms with van der Waals surface area (Å²) in [6, 6.07) is 12.8. The van der Waals surface area contributed by atoms with Crippen molar-refractivity contribution < 1.29 is 26.9 Å². The highest BCUT2D eigenvalue weighted by Gasteiger charge is 2.50. The number of carbonyl (C=O) groups excluding carboxylic acids is 1. The Balaban J connectivity index is 1.81. The number of anilines is 1. The summed E-state index contributed by atoms with van der Waals surface area (Å²) < 4.78 is 38.6. The number of amides is 1. The van der Waals surface area contributed by atoms with Gasteiger partial charge in [0, 0.05) is 10.7 Å². The van der Waals surface area contributed by atoms with E-state index in [4.69, 9.17) is 25.3 Å². The highest BCUT2D eigenvalue weighted by molar-refractivity contribution is 7.85. The maximum absolute atomic E-state index is 12.7. The molecule has 2 atom stereocenters. The summed E-state index contributed by atoms with van der Waals surface area (Å²) in [6.45, 7) is -0.213. The normalized spacial score (nSPS) is 19.5. The van der Waals surface area contributed by atoms with Crippen LogP contribution >= 0.6 is 11.6 Å². The minimum absolute atomic E-state index is 0.213. The molecule has 3 rings (SSSR count). The Labute approximate surface area is 162 Å². The molecule has 2 aromatic carbocycles. The zero-order valence-electron chi connectivity index (χ0n) is 14.7. The van der Waals surface area contributed by atoms with E-state index in [1.807, 2.05) is 0 Å². The molecule has 0 unspecified atom stereocenters. The van der Waals surface area contributed by atoms with Gasteiger partial charge in [0.15, 0.2) is 0 Å². The van der Waals surface area contributed by atoms with Gasteiger partial charge < -0.3 is 9.47 Å². The lowest BCUT2D eigenvalue weighted by Gasteiger charge is -2.45. The van der Waals surface area contributed by atoms with Crippen LogP contribution in [0.15, 0.2) is 48.5 Å². The number of hydrogen-bond donors (Lipinski definition) is 0. The van der Waals surface area contributed by atoms with Crippen molar-refractivity contribution in [1.82, 2.24) is 0 Å². The van der Waals surface area contributed by atoms with E-state index in [9.17, 15) is 13.2 Å². The lowest BCUT2D eigenvalue weighted by atomic mass is 9.97. The monoisotopic (exact) mass is 411 g/mol. The van der Waals surface area contributed by atoms with Crippen LogP contribution in [0.5, 0.6) is 11.5 Å². The zero-order chi connectivity index (χ0) is 19.6. The van der Waals surface area contributed by atoms with Crippen LogP contribution in [0, 0.1) is 0 Å². The third-order valence-corrected chi connectivity index (χ3v) is 4.86. The summed E-state index contributed by atoms with van der Waals surface area (Å²) in [4.78, 5) is 14.1. The third kappa shape index (κ3) is 4.52. The van der Waals surface area contributed by atoms with Gasteiger partial charge in [0.05, 0.1) is 20.0 Å². The second-order valence-corrected chi connectivity index (χ2v) is 8.04. The largest absolute Gasteiger partial charge is 0.497 e. The number of rotatable bonds is 7. The number of methoxy groups -OCH3 is 1. The molecule has 0 spiro atoms. The van der Waals surface area contributed by atoms with E-state index in [1.54, 1.807) is 55.6 Å². The van der Waals surface area contributed by atoms with Gasteiger partial charge in [-0.25, -0.2) is 0 Å². The summed E-state index contributed by atoms with van der Waals surface area (Å²) in [7, 11) is -2.12. The average molecular weight is 412 g/mol. The van der Waals surface area contributed by atoms with Crippen LogP contribution in [0.25, 0.3) is 0 Å². The van der Waals surface area contributed by atoms with Gasteiger partial charge >= 0.3 is 0 Å². The first kappa shape index (κ1) is 19.5. The summed E-state index contributed by atoms with van der Waals surface area (Å²) >= 11 is 5.85. The Morgan fingerprint density at radius 2 is 1.63 bits per heavy atom. The fraction of sp³-hybridized carbons (Fsp3) is 0.278. The lowest BCUT2D eigenvalue weighted by molar-refractivity contribution is -0.135. The number of benzene rings is 2. The Morgan fingerprint density at radius 1 is 1.04 bits per heavy atom. The molecule has 1 fully saturated rings. The van der Waals surface area contributed by atoms with Crippen molar-refractivity contribution in [2.45, 2.75) is 12.1 Å². The first-order chi connectivity index (χ1) is 12.8. The molecule has 27 heavy (non-hydrogen) atoms. The Hall–Kier alpha value is -2.29. The fourth-order valence-electron chi connectivity index (χ4n) is 2.72. The van der Waals surface area contributed by atoms with Gasteiger partial charge in [0.1, 0.15) is 17.5 Å². The van der Waals surface area contributed by atoms with E-state index >= 15 is 0 Å². The first-order valence-corrected chi connectivity index (χ1v) is 10.2. The molecule has 0 N–H and O–H groups in total. The molecule has 0 radical (unpaired) electrons. The summed E-state index contributed by atoms with van der Waals surface area (Å²) in [5.74, 6) is 0.804. The number of nitrogens with zero attached hydrogens (tertiary/aromatic N) is 1. The van der Waals surface area contributed by atoms with Gasteiger partial charge in [-0.3, -0.25) is 13.9 Å². The second kappa shape index (κ2) is 7.75. The van der Waals surface area contributed by atoms with Crippen molar-refractivity contribution in [3.8, 4) is 11.5 Å². The quantitative estimate of drug-likeness (QED) is 0.514. The Morgan fingerprint density at radius 3 is 2.19 bits per heavy atom. The summed E-state index contributed by atoms with van der Waals surface area (Å²) in [6.07, 6.45) is 0.0929. The molecule has 1 saturated heterocycles. The minimum Gasteiger partial charge on any atom is -0.497 e. The van der Waals surface area contributed by atoms with Crippen LogP contribution < -0.4 is 14.4 Å². The van der Waals surface area contributed by atoms with Gasteiger partial charge in [0.2, 0.25) is 6.10 Å². The third-order valence-electron chi connectivity index (χ3n) is 4.04. The molecule has 1 aliphatic rings. The molecule has 144 valence electrons. The van der Waals surface area contributed by atoms with Crippen molar-refractivity contribution in [3.63, 3.8) is 0 Å². The molecule has 0 aliphatic carbocycles. The van der Waals surface area contributed by atoms with Crippen LogP contribution in [-0.2, 0) is 19.1 Å². The molecule has 1 heterocycles. The van der Waals surface area contributed by atoms with Crippen LogP contribution in [0.1, 0.15) is 0 Å². The molecule has 2 aromatic rings. The number of carbonyl (C=O) groups is 1. The van der Waals surface area contributed by atoms with Crippen LogP contribution in [0.4, 0.5) is 5.69 Å². The molecule has 0 saturated carbocycles. The van der Waals surface area contributed by atoms with Crippen molar-refractivity contribution in [3.05, 3.63) is 53.6 Å². The molecule has 1 aliphatic heterocycles. The van der Waals surface area contributed by atoms with Gasteiger partial charge in [-0.1, -0.05) is 11.6 Å². The standard InChI is InChI=1S/C18H18ClNO6S/c1-24-14-9-5-13(6-10-14)20-16(11-25-27(2,22)23)17(18(20)21)26-15-7-3-12(19)4-8-15/h3-10,16-17H,11H2,1-2H3/t16-,17+/m1/s1. The first-order valence-electron chi connectivity index (χ1n) is 8.02. The molecule has 7 nitrogen and oxygen atoms in total. The number of ether oxygens (including phenoxy) is 2. The van der Waals surface area contributed by atoms with Gasteiger partial charge in [-0.15, -0.1) is 0 Å². The lowest BCUT2D eigenvalue weighted by Crippen LogP contribution is -2.69. The van der Waals surface area contributed by atoms with Crippen LogP contribution in [-0.4, -0.2) is 46.4 Å². The maximum atomic E-state index is 12.7. The van der Waals surface area contributed by atoms with Crippen molar-refractivity contribution >= 4 is 33.3 Å². The SMILES string of the molecule is COc1ccc(N2C(=O)[C@@H](Oc3ccc(Cl)cc3)[C@H]2COS(C)(=O)=O)cc1. The average Bonchev–Trinajstić information content (AvgIpc) is 2.64. The predicted molar refractivity (Wildman–Crippen MR) is 101 cm³/mol. The van der Waals surface area contributed by atoms with E-state index in [1.165, 1.54) is 4.90 Å². The van der Waals surface area contributed by atoms with E-state index < -0.39 is 22.3 Å². The molecule has 0 bridgehead atoms. The summed E-state index contributed by atoms with van der Waals surface area (Å²) in [5, 5.41) is 0.541. The number of hydrogen-bond acceptors (Lipinski definition) is 6. The second-order valence-electron chi connectivity index (χ2n) is 5.95. The Bertz CT molecular complexity index is 914. The van der Waals surface area contributed by atoms with E-state index in [-0.39, 0.29) is 12.5 Å². The van der Waals surface area contributed by atoms with E-state index in [0.717, 1.165) is 6.26 Å². The number of halogens is 1. The molecular formula is C18H18ClNO6S. The molecule has 0 aromatic heterocycles. The van der Waals surface area contributed by atoms with Crippen molar-refractivity contribution in [2.75, 3.05) is 24.9 Å². The van der Waals surface area contributed by atoms with Crippen molar-refractivity contribution in [2.24, 2.45) is 0 Å². The van der Waals surface area contributed by atoms with E-state index in [2.05, 4.69) is 0 Å². The van der Waals surface area contributed by atoms with E-state index in [0.29, 0.717) is 22.2 Å². The molecule has 9 heteroatoms. The fourth-order valence-corrected chi connectivity index (χ4v) is 3.24. The highest BCUT2D eigenvalue weighted by atomic mass is 35.5. The smallest absolute Gasteiger partial charge is 0.270 e. The minimum atomic E-state index is -3.66. The van der Waals surface area contributed by atoms with Gasteiger partial charge in [-0.2, -0.15) is 8.42 Å². The number of β-lactam (4-membered cyclic amide) rings is 1. The topological polar surface area (TPSA) is 82.1 Å².